The molecular formula is C18H21N3O7. The Kier molecular flexibility index (Phi) is 6.69. The van der Waals surface area contributed by atoms with Gasteiger partial charge in [-0.3, -0.25) is 24.1 Å². The summed E-state index contributed by atoms with van der Waals surface area (Å²) in [5.74, 6) is -3.05. The Morgan fingerprint density at radius 2 is 2.04 bits per heavy atom. The summed E-state index contributed by atoms with van der Waals surface area (Å²) < 4.78 is 5.32. The molecule has 1 aromatic rings. The van der Waals surface area contributed by atoms with E-state index in [1.807, 2.05) is 0 Å². The summed E-state index contributed by atoms with van der Waals surface area (Å²) in [4.78, 5) is 59.7. The number of fused-ring (bicyclic) bond motifs is 1. The molecule has 0 radical (unpaired) electrons. The van der Waals surface area contributed by atoms with Gasteiger partial charge in [0.2, 0.25) is 11.8 Å². The van der Waals surface area contributed by atoms with Gasteiger partial charge >= 0.3 is 5.97 Å². The minimum Gasteiger partial charge on any atom is -0.482 e. The second kappa shape index (κ2) is 8.98. The van der Waals surface area contributed by atoms with Crippen LogP contribution in [0.1, 0.15) is 36.5 Å². The predicted molar refractivity (Wildman–Crippen MR) is 96.9 cm³/mol. The third-order valence-electron chi connectivity index (χ3n) is 4.16. The zero-order valence-corrected chi connectivity index (χ0v) is 15.3. The monoisotopic (exact) mass is 391 g/mol. The molecule has 10 nitrogen and oxygen atoms in total. The number of carboxylic acids is 1. The molecule has 1 atom stereocenters. The Morgan fingerprint density at radius 1 is 1.32 bits per heavy atom. The van der Waals surface area contributed by atoms with Gasteiger partial charge in [-0.15, -0.1) is 0 Å². The van der Waals surface area contributed by atoms with Crippen molar-refractivity contribution in [1.82, 2.24) is 5.32 Å². The summed E-state index contributed by atoms with van der Waals surface area (Å²) in [5, 5.41) is 11.4. The van der Waals surface area contributed by atoms with E-state index in [0.717, 1.165) is 4.90 Å². The number of ether oxygens (including phenoxy) is 1. The lowest BCUT2D eigenvalue weighted by Crippen LogP contribution is -2.49. The van der Waals surface area contributed by atoms with E-state index in [0.29, 0.717) is 11.3 Å². The summed E-state index contributed by atoms with van der Waals surface area (Å²) in [6.07, 6.45) is -0.105. The maximum atomic E-state index is 12.3. The largest absolute Gasteiger partial charge is 0.482 e. The Hall–Kier alpha value is -3.43. The van der Waals surface area contributed by atoms with E-state index in [1.165, 1.54) is 6.07 Å². The number of nitrogens with two attached hydrogens (primary N) is 1. The van der Waals surface area contributed by atoms with Crippen LogP contribution in [0.15, 0.2) is 18.2 Å². The minimum absolute atomic E-state index is 0.136. The fourth-order valence-electron chi connectivity index (χ4n) is 2.68. The number of carbonyl (C=O) groups is 5. The minimum atomic E-state index is -1.32. The quantitative estimate of drug-likeness (QED) is 0.494. The van der Waals surface area contributed by atoms with Crippen molar-refractivity contribution >= 4 is 35.2 Å². The highest BCUT2D eigenvalue weighted by Gasteiger charge is 2.29. The van der Waals surface area contributed by atoms with Gasteiger partial charge in [0, 0.05) is 18.4 Å². The van der Waals surface area contributed by atoms with Crippen molar-refractivity contribution in [3.63, 3.8) is 0 Å². The van der Waals surface area contributed by atoms with Crippen LogP contribution in [0.2, 0.25) is 0 Å². The molecule has 4 N–H and O–H groups in total. The van der Waals surface area contributed by atoms with Gasteiger partial charge in [-0.25, -0.2) is 4.79 Å². The molecule has 0 aromatic heterocycles. The number of primary amides is 1. The molecule has 28 heavy (non-hydrogen) atoms. The van der Waals surface area contributed by atoms with Gasteiger partial charge in [0.15, 0.2) is 12.4 Å². The van der Waals surface area contributed by atoms with E-state index < -0.39 is 36.3 Å². The fraction of sp³-hybridized carbons (Fsp3) is 0.389. The van der Waals surface area contributed by atoms with Crippen molar-refractivity contribution in [3.8, 4) is 5.75 Å². The molecule has 0 fully saturated rings. The van der Waals surface area contributed by atoms with E-state index in [9.17, 15) is 29.1 Å². The summed E-state index contributed by atoms with van der Waals surface area (Å²) in [6, 6.07) is 3.27. The number of carboxylic acid groups (broad SMARTS) is 1. The second-order valence-corrected chi connectivity index (χ2v) is 6.19. The third kappa shape index (κ3) is 5.06. The normalized spacial score (nSPS) is 13.9. The first-order valence-electron chi connectivity index (χ1n) is 8.63. The van der Waals surface area contributed by atoms with E-state index in [-0.39, 0.29) is 37.3 Å². The highest BCUT2D eigenvalue weighted by molar-refractivity contribution is 6.04. The summed E-state index contributed by atoms with van der Waals surface area (Å²) in [6.45, 7) is 0.956. The van der Waals surface area contributed by atoms with Gasteiger partial charge < -0.3 is 20.9 Å². The first-order valence-corrected chi connectivity index (χ1v) is 8.63. The maximum Gasteiger partial charge on any atom is 0.326 e. The van der Waals surface area contributed by atoms with Crippen molar-refractivity contribution in [3.05, 3.63) is 23.8 Å². The molecular weight excluding hydrogens is 370 g/mol. The SMILES string of the molecule is CCC(=O)c1ccc2c(c1)N(CC(=O)NC(CCC(N)=O)C(=O)O)C(=O)CO2. The van der Waals surface area contributed by atoms with Crippen LogP contribution in [0.25, 0.3) is 0 Å². The van der Waals surface area contributed by atoms with Crippen molar-refractivity contribution < 1.29 is 33.8 Å². The third-order valence-corrected chi connectivity index (χ3v) is 4.16. The molecule has 0 saturated carbocycles. The number of rotatable bonds is 9. The van der Waals surface area contributed by atoms with E-state index in [1.54, 1.807) is 19.1 Å². The van der Waals surface area contributed by atoms with Crippen LogP contribution in [0.4, 0.5) is 5.69 Å². The van der Waals surface area contributed by atoms with Gasteiger partial charge in [-0.2, -0.15) is 0 Å². The molecule has 1 unspecified atom stereocenters. The van der Waals surface area contributed by atoms with Gasteiger partial charge in [0.25, 0.3) is 5.91 Å². The molecule has 0 spiro atoms. The van der Waals surface area contributed by atoms with E-state index in [4.69, 9.17) is 10.5 Å². The number of hydrogen-bond acceptors (Lipinski definition) is 6. The Balaban J connectivity index is 2.17. The number of amides is 3. The van der Waals surface area contributed by atoms with Gasteiger partial charge in [-0.1, -0.05) is 6.92 Å². The van der Waals surface area contributed by atoms with Gasteiger partial charge in [-0.05, 0) is 24.6 Å². The average molecular weight is 391 g/mol. The van der Waals surface area contributed by atoms with Crippen LogP contribution in [0.3, 0.4) is 0 Å². The first-order chi connectivity index (χ1) is 13.2. The van der Waals surface area contributed by atoms with E-state index in [2.05, 4.69) is 5.32 Å². The second-order valence-electron chi connectivity index (χ2n) is 6.19. The number of ketones is 1. The smallest absolute Gasteiger partial charge is 0.326 e. The van der Waals surface area contributed by atoms with Crippen molar-refractivity contribution in [2.75, 3.05) is 18.1 Å². The first kappa shape index (κ1) is 20.9. The van der Waals surface area contributed by atoms with Crippen LogP contribution in [0.5, 0.6) is 5.75 Å². The highest BCUT2D eigenvalue weighted by Crippen LogP contribution is 2.33. The Morgan fingerprint density at radius 3 is 2.64 bits per heavy atom. The molecule has 1 heterocycles. The Bertz CT molecular complexity index is 821. The van der Waals surface area contributed by atoms with Crippen molar-refractivity contribution in [2.24, 2.45) is 5.73 Å². The molecule has 0 bridgehead atoms. The molecule has 2 rings (SSSR count). The number of carbonyl (C=O) groups excluding carboxylic acids is 4. The van der Waals surface area contributed by atoms with Gasteiger partial charge in [0.05, 0.1) is 5.69 Å². The molecule has 10 heteroatoms. The van der Waals surface area contributed by atoms with Crippen LogP contribution < -0.4 is 20.7 Å². The van der Waals surface area contributed by atoms with Crippen LogP contribution in [-0.4, -0.2) is 53.8 Å². The van der Waals surface area contributed by atoms with Crippen LogP contribution in [0, 0.1) is 0 Å². The number of nitrogens with zero attached hydrogens (tertiary/aromatic N) is 1. The number of Topliss-reactive ketones (excluding diaryl/α,β-unsaturated/α-hetero) is 1. The lowest BCUT2D eigenvalue weighted by molar-refractivity contribution is -0.142. The predicted octanol–water partition coefficient (Wildman–Crippen LogP) is -0.160. The average Bonchev–Trinajstić information content (AvgIpc) is 2.65. The standard InChI is InChI=1S/C18H21N3O7/c1-2-13(22)10-3-5-14-12(7-10)21(17(25)9-28-14)8-16(24)20-11(18(26)27)4-6-15(19)23/h3,5,7,11H,2,4,6,8-9H2,1H3,(H2,19,23)(H,20,24)(H,26,27). The Labute approximate surface area is 160 Å². The fourth-order valence-corrected chi connectivity index (χ4v) is 2.68. The molecule has 0 saturated heterocycles. The zero-order chi connectivity index (χ0) is 20.8. The zero-order valence-electron chi connectivity index (χ0n) is 15.3. The molecule has 1 aromatic carbocycles. The summed E-state index contributed by atoms with van der Waals surface area (Å²) in [7, 11) is 0. The number of anilines is 1. The number of nitrogens with one attached hydrogen (secondary N) is 1. The lowest BCUT2D eigenvalue weighted by atomic mass is 10.1. The van der Waals surface area contributed by atoms with Crippen LogP contribution in [-0.2, 0) is 19.2 Å². The highest BCUT2D eigenvalue weighted by atomic mass is 16.5. The van der Waals surface area contributed by atoms with E-state index >= 15 is 0 Å². The maximum absolute atomic E-state index is 12.3. The van der Waals surface area contributed by atoms with Crippen molar-refractivity contribution in [1.29, 1.82) is 0 Å². The molecule has 1 aliphatic heterocycles. The number of aliphatic carboxylic acids is 1. The molecule has 0 aliphatic carbocycles. The number of hydrogen-bond donors (Lipinski definition) is 3. The van der Waals surface area contributed by atoms with Crippen molar-refractivity contribution in [2.45, 2.75) is 32.2 Å². The van der Waals surface area contributed by atoms with Gasteiger partial charge in [0.1, 0.15) is 18.3 Å². The summed E-state index contributed by atoms with van der Waals surface area (Å²) in [5.41, 5.74) is 5.63. The van der Waals surface area contributed by atoms with Crippen LogP contribution >= 0.6 is 0 Å². The summed E-state index contributed by atoms with van der Waals surface area (Å²) >= 11 is 0. The molecule has 1 aliphatic rings. The number of benzene rings is 1. The molecule has 150 valence electrons. The lowest BCUT2D eigenvalue weighted by Gasteiger charge is -2.29. The molecule has 3 amide bonds. The topological polar surface area (TPSA) is 156 Å².